The van der Waals surface area contributed by atoms with E-state index in [0.29, 0.717) is 13.0 Å². The van der Waals surface area contributed by atoms with E-state index in [-0.39, 0.29) is 12.5 Å². The van der Waals surface area contributed by atoms with E-state index >= 15 is 0 Å². The van der Waals surface area contributed by atoms with Gasteiger partial charge in [-0.2, -0.15) is 0 Å². The van der Waals surface area contributed by atoms with Gasteiger partial charge in [-0.05, 0) is 12.8 Å². The lowest BCUT2D eigenvalue weighted by atomic mass is 9.99. The van der Waals surface area contributed by atoms with Crippen molar-refractivity contribution in [2.24, 2.45) is 0 Å². The minimum atomic E-state index is -1.58. The van der Waals surface area contributed by atoms with Crippen molar-refractivity contribution in [1.82, 2.24) is 10.6 Å². The highest BCUT2D eigenvalue weighted by molar-refractivity contribution is 5.87. The molecular formula is C31H60N2O8. The van der Waals surface area contributed by atoms with Crippen LogP contribution in [0, 0.1) is 0 Å². The molecule has 2 amide bonds. The quantitative estimate of drug-likeness (QED) is 0.0885. The van der Waals surface area contributed by atoms with Crippen LogP contribution in [0.2, 0.25) is 0 Å². The van der Waals surface area contributed by atoms with Gasteiger partial charge in [0.1, 0.15) is 30.5 Å². The summed E-state index contributed by atoms with van der Waals surface area (Å²) in [6.07, 6.45) is 12.8. The Morgan fingerprint density at radius 1 is 0.732 bits per heavy atom. The van der Waals surface area contributed by atoms with Crippen molar-refractivity contribution in [3.63, 3.8) is 0 Å². The molecule has 1 saturated heterocycles. The van der Waals surface area contributed by atoms with Gasteiger partial charge in [-0.25, -0.2) is 0 Å². The zero-order valence-electron chi connectivity index (χ0n) is 25.7. The van der Waals surface area contributed by atoms with E-state index in [2.05, 4.69) is 24.5 Å². The number of hydrogen-bond donors (Lipinski definition) is 6. The smallest absolute Gasteiger partial charge is 0.244 e. The molecule has 0 aromatic carbocycles. The van der Waals surface area contributed by atoms with Gasteiger partial charge in [0.15, 0.2) is 6.29 Å². The first kappa shape index (κ1) is 37.7. The third kappa shape index (κ3) is 16.8. The summed E-state index contributed by atoms with van der Waals surface area (Å²) in [6, 6.07) is -1.01. The highest BCUT2D eigenvalue weighted by Crippen LogP contribution is 2.22. The first-order valence-corrected chi connectivity index (χ1v) is 16.3. The third-order valence-electron chi connectivity index (χ3n) is 7.76. The molecule has 41 heavy (non-hydrogen) atoms. The van der Waals surface area contributed by atoms with Gasteiger partial charge >= 0.3 is 0 Å². The number of unbranched alkanes of at least 4 members (excludes halogenated alkanes) is 15. The fourth-order valence-corrected chi connectivity index (χ4v) is 5.04. The Morgan fingerprint density at radius 2 is 1.24 bits per heavy atom. The van der Waals surface area contributed by atoms with Gasteiger partial charge in [0.25, 0.3) is 0 Å². The molecule has 1 heterocycles. The van der Waals surface area contributed by atoms with Crippen LogP contribution in [0.5, 0.6) is 0 Å². The molecule has 0 saturated carbocycles. The van der Waals surface area contributed by atoms with Gasteiger partial charge in [-0.15, -0.1) is 0 Å². The molecule has 1 aliphatic rings. The van der Waals surface area contributed by atoms with Gasteiger partial charge in [-0.1, -0.05) is 110 Å². The van der Waals surface area contributed by atoms with E-state index in [1.54, 1.807) is 0 Å². The predicted octanol–water partition coefficient (Wildman–Crippen LogP) is 3.47. The van der Waals surface area contributed by atoms with Crippen LogP contribution < -0.4 is 10.6 Å². The third-order valence-corrected chi connectivity index (χ3v) is 7.76. The minimum absolute atomic E-state index is 0.260. The molecule has 6 N–H and O–H groups in total. The highest BCUT2D eigenvalue weighted by Gasteiger charge is 2.44. The molecule has 6 atom stereocenters. The first-order valence-electron chi connectivity index (χ1n) is 16.3. The van der Waals surface area contributed by atoms with Crippen LogP contribution in [0.1, 0.15) is 129 Å². The minimum Gasteiger partial charge on any atom is -0.394 e. The van der Waals surface area contributed by atoms with E-state index in [4.69, 9.17) is 9.47 Å². The maximum absolute atomic E-state index is 12.9. The zero-order valence-corrected chi connectivity index (χ0v) is 25.7. The Bertz CT molecular complexity index is 666. The number of ether oxygens (including phenoxy) is 2. The summed E-state index contributed by atoms with van der Waals surface area (Å²) >= 11 is 0. The number of carbonyl (C=O) groups is 2. The lowest BCUT2D eigenvalue weighted by molar-refractivity contribution is -0.301. The van der Waals surface area contributed by atoms with Crippen LogP contribution in [0.15, 0.2) is 0 Å². The molecule has 0 unspecified atom stereocenters. The fraction of sp³-hybridized carbons (Fsp3) is 0.935. The van der Waals surface area contributed by atoms with Crippen LogP contribution in [0.25, 0.3) is 0 Å². The molecule has 10 heteroatoms. The molecule has 10 nitrogen and oxygen atoms in total. The van der Waals surface area contributed by atoms with Crippen molar-refractivity contribution >= 4 is 11.8 Å². The van der Waals surface area contributed by atoms with Crippen molar-refractivity contribution in [1.29, 1.82) is 0 Å². The van der Waals surface area contributed by atoms with E-state index in [1.165, 1.54) is 57.8 Å². The second kappa shape index (κ2) is 24.2. The zero-order chi connectivity index (χ0) is 30.3. The highest BCUT2D eigenvalue weighted by atomic mass is 16.7. The average molecular weight is 589 g/mol. The number of amides is 2. The molecule has 0 aromatic heterocycles. The van der Waals surface area contributed by atoms with Crippen LogP contribution in [-0.4, -0.2) is 88.7 Å². The average Bonchev–Trinajstić information content (AvgIpc) is 2.97. The van der Waals surface area contributed by atoms with E-state index in [1.807, 2.05) is 0 Å². The molecule has 0 bridgehead atoms. The molecule has 242 valence electrons. The largest absolute Gasteiger partial charge is 0.394 e. The number of aliphatic hydroxyl groups is 4. The van der Waals surface area contributed by atoms with Crippen molar-refractivity contribution in [3.8, 4) is 0 Å². The van der Waals surface area contributed by atoms with Gasteiger partial charge in [0.2, 0.25) is 11.8 Å². The van der Waals surface area contributed by atoms with Crippen molar-refractivity contribution < 1.29 is 39.5 Å². The molecule has 0 aromatic rings. The Morgan fingerprint density at radius 3 is 1.78 bits per heavy atom. The summed E-state index contributed by atoms with van der Waals surface area (Å²) in [5, 5.41) is 45.2. The van der Waals surface area contributed by atoms with Crippen molar-refractivity contribution in [3.05, 3.63) is 0 Å². The molecular weight excluding hydrogens is 528 g/mol. The topological polar surface area (TPSA) is 158 Å². The number of hydrogen-bond acceptors (Lipinski definition) is 8. The summed E-state index contributed by atoms with van der Waals surface area (Å²) in [5.41, 5.74) is 0. The summed E-state index contributed by atoms with van der Waals surface area (Å²) in [7, 11) is 0. The summed E-state index contributed by atoms with van der Waals surface area (Å²) in [5.74, 6) is -0.651. The number of aliphatic hydroxyl groups excluding tert-OH is 4. The van der Waals surface area contributed by atoms with Crippen molar-refractivity contribution in [2.75, 3.05) is 19.8 Å². The molecule has 0 spiro atoms. The number of rotatable bonds is 25. The van der Waals surface area contributed by atoms with Crippen LogP contribution in [0.4, 0.5) is 0 Å². The van der Waals surface area contributed by atoms with Crippen molar-refractivity contribution in [2.45, 2.75) is 166 Å². The van der Waals surface area contributed by atoms with Gasteiger partial charge in [0, 0.05) is 13.0 Å². The van der Waals surface area contributed by atoms with E-state index in [0.717, 1.165) is 51.4 Å². The summed E-state index contributed by atoms with van der Waals surface area (Å²) in [6.45, 7) is 3.97. The lowest BCUT2D eigenvalue weighted by Crippen LogP contribution is -2.60. The normalized spacial score (nSPS) is 23.3. The molecule has 0 aliphatic carbocycles. The second-order valence-corrected chi connectivity index (χ2v) is 11.5. The first-order chi connectivity index (χ1) is 19.8. The lowest BCUT2D eigenvalue weighted by Gasteiger charge is -2.39. The fourth-order valence-electron chi connectivity index (χ4n) is 5.04. The molecule has 0 radical (unpaired) electrons. The SMILES string of the molecule is CCCCCCCCCCCCCCNC(=O)[C@H](CO[C@@H]1O[C@@H](CO)[C@@H](O)[C@H](O)[C@@H]1O)NC(=O)CCCCCCC. The van der Waals surface area contributed by atoms with E-state index < -0.39 is 49.3 Å². The van der Waals surface area contributed by atoms with Gasteiger partial charge < -0.3 is 40.5 Å². The predicted molar refractivity (Wildman–Crippen MR) is 159 cm³/mol. The maximum Gasteiger partial charge on any atom is 0.244 e. The number of nitrogens with one attached hydrogen (secondary N) is 2. The number of carbonyl (C=O) groups excluding carboxylic acids is 2. The monoisotopic (exact) mass is 588 g/mol. The Kier molecular flexibility index (Phi) is 22.2. The standard InChI is InChI=1S/C31H60N2O8/c1-3-5-7-9-10-11-12-13-14-15-17-19-21-32-30(39)24(33-26(35)20-18-16-8-6-4-2)23-40-31-29(38)28(37)27(36)25(22-34)41-31/h24-25,27-29,31,34,36-38H,3-23H2,1-2H3,(H,32,39)(H,33,35)/t24-,25-,27+,28-,29-,31+/m0/s1. The summed E-state index contributed by atoms with van der Waals surface area (Å²) in [4.78, 5) is 25.5. The van der Waals surface area contributed by atoms with Gasteiger partial charge in [0.05, 0.1) is 13.2 Å². The molecule has 1 aliphatic heterocycles. The Labute approximate surface area is 248 Å². The Hall–Kier alpha value is -1.30. The van der Waals surface area contributed by atoms with E-state index in [9.17, 15) is 30.0 Å². The van der Waals surface area contributed by atoms with Gasteiger partial charge in [-0.3, -0.25) is 9.59 Å². The Balaban J connectivity index is 2.44. The maximum atomic E-state index is 12.9. The molecule has 1 fully saturated rings. The summed E-state index contributed by atoms with van der Waals surface area (Å²) < 4.78 is 11.0. The second-order valence-electron chi connectivity index (χ2n) is 11.5. The van der Waals surface area contributed by atoms with Crippen LogP contribution in [0.3, 0.4) is 0 Å². The van der Waals surface area contributed by atoms with Crippen LogP contribution >= 0.6 is 0 Å². The van der Waals surface area contributed by atoms with Crippen LogP contribution in [-0.2, 0) is 19.1 Å². The molecule has 1 rings (SSSR count).